The average Bonchev–Trinajstić information content (AvgIpc) is 3.27. The Morgan fingerprint density at radius 2 is 1.81 bits per heavy atom. The van der Waals surface area contributed by atoms with Gasteiger partial charge in [-0.3, -0.25) is 28.8 Å². The Morgan fingerprint density at radius 3 is 2.36 bits per heavy atom. The highest BCUT2D eigenvalue weighted by Gasteiger charge is 2.46. The van der Waals surface area contributed by atoms with Crippen LogP contribution in [0.3, 0.4) is 0 Å². The molecule has 1 saturated heterocycles. The van der Waals surface area contributed by atoms with Crippen molar-refractivity contribution in [1.82, 2.24) is 23.7 Å². The zero-order valence-electron chi connectivity index (χ0n) is 20.9. The van der Waals surface area contributed by atoms with Crippen LogP contribution in [0.15, 0.2) is 9.59 Å². The molecule has 3 heterocycles. The van der Waals surface area contributed by atoms with Crippen LogP contribution in [-0.2, 0) is 21.4 Å². The first kappa shape index (κ1) is 26.3. The SMILES string of the molecule is CCCCn1c(=O)n(C2CCC(CN3C(=O)NC(=O)C3(C)C)CC2)c(=O)c2c(NS(C)(=O)=O)snc21. The molecule has 1 aliphatic carbocycles. The standard InChI is InChI=1S/C22H32N6O6S2/c1-5-6-11-26-16-15(17(35-24-16)25-36(4,33)34)18(29)28(21(26)32)14-9-7-13(8-10-14)12-27-20(31)23-19(30)22(27,2)3/h13-14,25H,5-12H2,1-4H3,(H,23,30,31). The van der Waals surface area contributed by atoms with Gasteiger partial charge >= 0.3 is 11.7 Å². The van der Waals surface area contributed by atoms with Gasteiger partial charge in [0.25, 0.3) is 11.5 Å². The number of hydrogen-bond acceptors (Lipinski definition) is 8. The number of unbranched alkanes of at least 4 members (excludes halogenated alkanes) is 1. The average molecular weight is 541 g/mol. The van der Waals surface area contributed by atoms with Crippen LogP contribution >= 0.6 is 11.5 Å². The second-order valence-corrected chi connectivity index (χ2v) is 12.7. The van der Waals surface area contributed by atoms with Crippen LogP contribution in [0.4, 0.5) is 9.80 Å². The maximum atomic E-state index is 13.5. The maximum Gasteiger partial charge on any atom is 0.332 e. The number of imide groups is 1. The molecule has 198 valence electrons. The normalized spacial score (nSPS) is 22.3. The van der Waals surface area contributed by atoms with Crippen molar-refractivity contribution in [2.45, 2.75) is 77.4 Å². The van der Waals surface area contributed by atoms with Gasteiger partial charge in [0.2, 0.25) is 10.0 Å². The lowest BCUT2D eigenvalue weighted by Gasteiger charge is -2.35. The lowest BCUT2D eigenvalue weighted by Crippen LogP contribution is -2.47. The summed E-state index contributed by atoms with van der Waals surface area (Å²) < 4.78 is 33.1. The van der Waals surface area contributed by atoms with Gasteiger partial charge < -0.3 is 4.90 Å². The van der Waals surface area contributed by atoms with Crippen LogP contribution < -0.4 is 21.3 Å². The molecule has 1 aliphatic heterocycles. The van der Waals surface area contributed by atoms with Gasteiger partial charge in [0, 0.05) is 19.1 Å². The first-order valence-corrected chi connectivity index (χ1v) is 14.8. The molecule has 0 atom stereocenters. The second kappa shape index (κ2) is 9.61. The van der Waals surface area contributed by atoms with E-state index in [1.54, 1.807) is 18.7 Å². The van der Waals surface area contributed by atoms with Crippen molar-refractivity contribution in [3.63, 3.8) is 0 Å². The first-order chi connectivity index (χ1) is 16.8. The summed E-state index contributed by atoms with van der Waals surface area (Å²) in [6.45, 7) is 6.21. The molecule has 14 heteroatoms. The van der Waals surface area contributed by atoms with Crippen molar-refractivity contribution >= 4 is 49.5 Å². The van der Waals surface area contributed by atoms with Crippen LogP contribution in [-0.4, -0.2) is 57.1 Å². The number of carbonyl (C=O) groups excluding carboxylic acids is 2. The van der Waals surface area contributed by atoms with E-state index in [0.717, 1.165) is 24.2 Å². The monoisotopic (exact) mass is 540 g/mol. The quantitative estimate of drug-likeness (QED) is 0.485. The fourth-order valence-corrected chi connectivity index (χ4v) is 6.69. The molecular formula is C22H32N6O6S2. The molecule has 12 nitrogen and oxygen atoms in total. The topological polar surface area (TPSA) is 152 Å². The number of aromatic nitrogens is 3. The molecule has 0 unspecified atom stereocenters. The Hall–Kier alpha value is -2.74. The summed E-state index contributed by atoms with van der Waals surface area (Å²) in [4.78, 5) is 52.9. The Bertz CT molecular complexity index is 1410. The fourth-order valence-electron chi connectivity index (χ4n) is 5.01. The predicted octanol–water partition coefficient (Wildman–Crippen LogP) is 1.85. The lowest BCUT2D eigenvalue weighted by molar-refractivity contribution is -0.125. The molecule has 1 saturated carbocycles. The Kier molecular flexibility index (Phi) is 7.03. The third-order valence-corrected chi connectivity index (χ3v) is 8.59. The number of urea groups is 1. The lowest BCUT2D eigenvalue weighted by atomic mass is 9.85. The number of sulfonamides is 1. The highest BCUT2D eigenvalue weighted by molar-refractivity contribution is 7.92. The third-order valence-electron chi connectivity index (χ3n) is 7.13. The van der Waals surface area contributed by atoms with E-state index in [9.17, 15) is 27.6 Å². The number of aryl methyl sites for hydroxylation is 1. The van der Waals surface area contributed by atoms with E-state index in [1.165, 1.54) is 9.13 Å². The highest BCUT2D eigenvalue weighted by atomic mass is 32.2. The van der Waals surface area contributed by atoms with Crippen molar-refractivity contribution in [3.8, 4) is 0 Å². The first-order valence-electron chi connectivity index (χ1n) is 12.1. The van der Waals surface area contributed by atoms with E-state index >= 15 is 0 Å². The van der Waals surface area contributed by atoms with Gasteiger partial charge in [-0.1, -0.05) is 13.3 Å². The zero-order chi connectivity index (χ0) is 26.4. The van der Waals surface area contributed by atoms with Crippen molar-refractivity contribution < 1.29 is 18.0 Å². The van der Waals surface area contributed by atoms with Crippen molar-refractivity contribution in [1.29, 1.82) is 0 Å². The molecule has 2 N–H and O–H groups in total. The van der Waals surface area contributed by atoms with Gasteiger partial charge in [-0.15, -0.1) is 0 Å². The molecule has 2 aliphatic rings. The number of amides is 3. The van der Waals surface area contributed by atoms with Crippen LogP contribution in [0.5, 0.6) is 0 Å². The molecule has 0 bridgehead atoms. The Balaban J connectivity index is 1.64. The summed E-state index contributed by atoms with van der Waals surface area (Å²) in [5.41, 5.74) is -1.70. The molecule has 0 aromatic carbocycles. The van der Waals surface area contributed by atoms with E-state index in [0.29, 0.717) is 45.2 Å². The van der Waals surface area contributed by atoms with Crippen LogP contribution in [0, 0.1) is 5.92 Å². The molecule has 2 aromatic heterocycles. The van der Waals surface area contributed by atoms with Crippen LogP contribution in [0.2, 0.25) is 0 Å². The highest BCUT2D eigenvalue weighted by Crippen LogP contribution is 2.34. The van der Waals surface area contributed by atoms with Crippen LogP contribution in [0.1, 0.15) is 65.3 Å². The molecule has 2 aromatic rings. The van der Waals surface area contributed by atoms with Gasteiger partial charge in [-0.25, -0.2) is 18.0 Å². The second-order valence-electron chi connectivity index (χ2n) is 10.2. The van der Waals surface area contributed by atoms with Crippen LogP contribution in [0.25, 0.3) is 11.0 Å². The summed E-state index contributed by atoms with van der Waals surface area (Å²) in [6.07, 6.45) is 4.99. The summed E-state index contributed by atoms with van der Waals surface area (Å²) >= 11 is 0.850. The molecule has 0 radical (unpaired) electrons. The van der Waals surface area contributed by atoms with Crippen molar-refractivity contribution in [3.05, 3.63) is 20.8 Å². The summed E-state index contributed by atoms with van der Waals surface area (Å²) in [6, 6.07) is -0.755. The molecule has 4 rings (SSSR count). The fraction of sp³-hybridized carbons (Fsp3) is 0.682. The summed E-state index contributed by atoms with van der Waals surface area (Å²) in [7, 11) is -3.65. The van der Waals surface area contributed by atoms with Crippen molar-refractivity contribution in [2.75, 3.05) is 17.5 Å². The van der Waals surface area contributed by atoms with E-state index in [1.807, 2.05) is 6.92 Å². The number of fused-ring (bicyclic) bond motifs is 1. The van der Waals surface area contributed by atoms with Gasteiger partial charge in [0.05, 0.1) is 6.26 Å². The molecular weight excluding hydrogens is 508 g/mol. The maximum absolute atomic E-state index is 13.5. The molecule has 3 amide bonds. The van der Waals surface area contributed by atoms with Crippen molar-refractivity contribution in [2.24, 2.45) is 5.92 Å². The summed E-state index contributed by atoms with van der Waals surface area (Å²) in [5, 5.41) is 2.58. The Labute approximate surface area is 212 Å². The molecule has 2 fully saturated rings. The zero-order valence-corrected chi connectivity index (χ0v) is 22.5. The molecule has 0 spiro atoms. The van der Waals surface area contributed by atoms with E-state index in [4.69, 9.17) is 0 Å². The third kappa shape index (κ3) is 4.80. The van der Waals surface area contributed by atoms with Gasteiger partial charge in [0.1, 0.15) is 15.9 Å². The molecule has 36 heavy (non-hydrogen) atoms. The number of nitrogens with one attached hydrogen (secondary N) is 2. The number of hydrogen-bond donors (Lipinski definition) is 2. The largest absolute Gasteiger partial charge is 0.332 e. The number of nitrogens with zero attached hydrogens (tertiary/aromatic N) is 4. The predicted molar refractivity (Wildman–Crippen MR) is 137 cm³/mol. The smallest absolute Gasteiger partial charge is 0.310 e. The van der Waals surface area contributed by atoms with E-state index < -0.39 is 32.8 Å². The van der Waals surface area contributed by atoms with E-state index in [2.05, 4.69) is 14.4 Å². The minimum absolute atomic E-state index is 0.108. The number of carbonyl (C=O) groups is 2. The van der Waals surface area contributed by atoms with Gasteiger partial charge in [-0.2, -0.15) is 4.37 Å². The Morgan fingerprint density at radius 1 is 1.14 bits per heavy atom. The number of anilines is 1. The van der Waals surface area contributed by atoms with E-state index in [-0.39, 0.29) is 33.9 Å². The minimum Gasteiger partial charge on any atom is -0.310 e. The number of rotatable bonds is 8. The van der Waals surface area contributed by atoms with Gasteiger partial charge in [0.15, 0.2) is 5.65 Å². The minimum atomic E-state index is -3.65. The summed E-state index contributed by atoms with van der Waals surface area (Å²) in [5.74, 6) is -0.194. The van der Waals surface area contributed by atoms with Gasteiger partial charge in [-0.05, 0) is 63.4 Å².